The summed E-state index contributed by atoms with van der Waals surface area (Å²) in [5, 5.41) is 16.3. The van der Waals surface area contributed by atoms with Gasteiger partial charge in [-0.2, -0.15) is 0 Å². The van der Waals surface area contributed by atoms with Crippen molar-refractivity contribution in [2.45, 2.75) is 39.0 Å². The molecule has 0 radical (unpaired) electrons. The summed E-state index contributed by atoms with van der Waals surface area (Å²) >= 11 is 0. The van der Waals surface area contributed by atoms with Crippen molar-refractivity contribution in [2.24, 2.45) is 4.99 Å². The third kappa shape index (κ3) is 4.42. The fourth-order valence-corrected chi connectivity index (χ4v) is 6.26. The lowest BCUT2D eigenvalue weighted by atomic mass is 9.77. The predicted molar refractivity (Wildman–Crippen MR) is 174 cm³/mol. The minimum absolute atomic E-state index is 0.101. The summed E-state index contributed by atoms with van der Waals surface area (Å²) < 4.78 is 6.64. The van der Waals surface area contributed by atoms with Gasteiger partial charge in [0.15, 0.2) is 0 Å². The van der Waals surface area contributed by atoms with Crippen LogP contribution >= 0.6 is 0 Å². The summed E-state index contributed by atoms with van der Waals surface area (Å²) in [4.78, 5) is 4.77. The first-order valence-electron chi connectivity index (χ1n) is 14.7. The topological polar surface area (TPSA) is 41.8 Å². The number of aromatic hydroxyl groups is 1. The molecule has 1 atom stereocenters. The molecule has 1 unspecified atom stereocenters. The molecular weight excluding hydrogens is 514 g/mol. The van der Waals surface area contributed by atoms with Crippen LogP contribution in [0.3, 0.4) is 0 Å². The van der Waals surface area contributed by atoms with Crippen LogP contribution in [0, 0.1) is 6.92 Å². The van der Waals surface area contributed by atoms with Gasteiger partial charge in [0.1, 0.15) is 17.2 Å². The Bertz CT molecular complexity index is 1900. The van der Waals surface area contributed by atoms with Crippen molar-refractivity contribution in [2.75, 3.05) is 0 Å². The van der Waals surface area contributed by atoms with E-state index in [1.165, 1.54) is 27.1 Å². The van der Waals surface area contributed by atoms with Crippen LogP contribution in [0.1, 0.15) is 65.5 Å². The highest BCUT2D eigenvalue weighted by Crippen LogP contribution is 2.53. The molecule has 1 N–H and O–H groups in total. The van der Waals surface area contributed by atoms with Gasteiger partial charge in [-0.25, -0.2) is 0 Å². The number of fused-ring (bicyclic) bond motifs is 6. The van der Waals surface area contributed by atoms with E-state index in [1.54, 1.807) is 0 Å². The summed E-state index contributed by atoms with van der Waals surface area (Å²) in [6.07, 6.45) is 2.72. The van der Waals surface area contributed by atoms with E-state index in [-0.39, 0.29) is 11.8 Å². The third-order valence-corrected chi connectivity index (χ3v) is 8.71. The minimum atomic E-state index is -0.101. The molecule has 1 heterocycles. The Balaban J connectivity index is 1.52. The monoisotopic (exact) mass is 547 g/mol. The van der Waals surface area contributed by atoms with Crippen molar-refractivity contribution >= 4 is 33.4 Å². The normalized spacial score (nSPS) is 13.7. The van der Waals surface area contributed by atoms with Gasteiger partial charge < -0.3 is 9.84 Å². The van der Waals surface area contributed by atoms with Crippen LogP contribution in [0.4, 0.5) is 5.69 Å². The molecule has 0 aromatic heterocycles. The van der Waals surface area contributed by atoms with Crippen molar-refractivity contribution in [3.63, 3.8) is 0 Å². The average molecular weight is 548 g/mol. The van der Waals surface area contributed by atoms with Crippen molar-refractivity contribution in [3.8, 4) is 17.2 Å². The molecule has 1 aliphatic heterocycles. The molecule has 0 bridgehead atoms. The van der Waals surface area contributed by atoms with Gasteiger partial charge in [-0.05, 0) is 82.3 Å². The molecule has 6 aromatic carbocycles. The summed E-state index contributed by atoms with van der Waals surface area (Å²) in [6, 6.07) is 38.0. The van der Waals surface area contributed by atoms with Crippen LogP contribution in [0.2, 0.25) is 0 Å². The minimum Gasteiger partial charge on any atom is -0.507 e. The zero-order valence-corrected chi connectivity index (χ0v) is 24.1. The quantitative estimate of drug-likeness (QED) is 0.218. The Hall–Kier alpha value is -4.89. The molecule has 1 aliphatic rings. The van der Waals surface area contributed by atoms with E-state index in [2.05, 4.69) is 118 Å². The van der Waals surface area contributed by atoms with Crippen molar-refractivity contribution in [3.05, 3.63) is 143 Å². The van der Waals surface area contributed by atoms with Gasteiger partial charge in [0.25, 0.3) is 0 Å². The van der Waals surface area contributed by atoms with Gasteiger partial charge in [0, 0.05) is 28.8 Å². The lowest BCUT2D eigenvalue weighted by molar-refractivity contribution is 0.454. The standard InChI is InChI=1S/C39H33NO2/c1-4-25(3)33-22-28(21-29(39(33)41)23-40-30-17-13-24(2)14-18-30)36-37-31-11-7-5-9-26(31)15-19-34(37)42-35-20-16-27-10-6-8-12-32(27)38(35)36/h5-23,25,36,41H,4H2,1-3H3. The molecule has 3 nitrogen and oxygen atoms in total. The fraction of sp³-hybridized carbons (Fsp3) is 0.154. The lowest BCUT2D eigenvalue weighted by Gasteiger charge is -2.32. The van der Waals surface area contributed by atoms with Gasteiger partial charge >= 0.3 is 0 Å². The van der Waals surface area contributed by atoms with Gasteiger partial charge in [-0.3, -0.25) is 4.99 Å². The van der Waals surface area contributed by atoms with E-state index in [9.17, 15) is 5.11 Å². The highest BCUT2D eigenvalue weighted by Gasteiger charge is 2.33. The molecule has 6 aromatic rings. The van der Waals surface area contributed by atoms with Crippen LogP contribution in [-0.2, 0) is 0 Å². The zero-order chi connectivity index (χ0) is 28.8. The molecule has 0 saturated carbocycles. The van der Waals surface area contributed by atoms with Gasteiger partial charge in [-0.1, -0.05) is 98.3 Å². The summed E-state index contributed by atoms with van der Waals surface area (Å²) in [5.41, 5.74) is 7.13. The summed E-state index contributed by atoms with van der Waals surface area (Å²) in [7, 11) is 0. The molecule has 7 rings (SSSR count). The molecule has 0 amide bonds. The Morgan fingerprint density at radius 3 is 1.98 bits per heavy atom. The first kappa shape index (κ1) is 26.0. The van der Waals surface area contributed by atoms with Gasteiger partial charge in [0.05, 0.1) is 5.69 Å². The number of aliphatic imine (C=N–C) groups is 1. The predicted octanol–water partition coefficient (Wildman–Crippen LogP) is 10.6. The lowest BCUT2D eigenvalue weighted by Crippen LogP contribution is -2.14. The van der Waals surface area contributed by atoms with E-state index >= 15 is 0 Å². The number of hydrogen-bond acceptors (Lipinski definition) is 3. The molecule has 42 heavy (non-hydrogen) atoms. The number of aryl methyl sites for hydroxylation is 1. The maximum absolute atomic E-state index is 11.6. The summed E-state index contributed by atoms with van der Waals surface area (Å²) in [5.74, 6) is 2.11. The van der Waals surface area contributed by atoms with Crippen molar-refractivity contribution in [1.29, 1.82) is 0 Å². The number of phenols is 1. The molecule has 3 heteroatoms. The highest BCUT2D eigenvalue weighted by atomic mass is 16.5. The fourth-order valence-electron chi connectivity index (χ4n) is 6.26. The maximum Gasteiger partial charge on any atom is 0.132 e. The first-order chi connectivity index (χ1) is 20.5. The maximum atomic E-state index is 11.6. The second kappa shape index (κ2) is 10.5. The second-order valence-electron chi connectivity index (χ2n) is 11.4. The number of hydrogen-bond donors (Lipinski definition) is 1. The van der Waals surface area contributed by atoms with Crippen LogP contribution in [0.15, 0.2) is 114 Å². The van der Waals surface area contributed by atoms with E-state index in [0.717, 1.165) is 51.4 Å². The number of rotatable bonds is 5. The van der Waals surface area contributed by atoms with Crippen molar-refractivity contribution < 1.29 is 9.84 Å². The zero-order valence-electron chi connectivity index (χ0n) is 24.1. The highest BCUT2D eigenvalue weighted by molar-refractivity contribution is 5.95. The molecular formula is C39H33NO2. The largest absolute Gasteiger partial charge is 0.507 e. The molecule has 0 saturated heterocycles. The van der Waals surface area contributed by atoms with E-state index in [0.29, 0.717) is 5.75 Å². The molecule has 206 valence electrons. The van der Waals surface area contributed by atoms with E-state index in [4.69, 9.17) is 9.73 Å². The smallest absolute Gasteiger partial charge is 0.132 e. The van der Waals surface area contributed by atoms with Crippen LogP contribution in [0.5, 0.6) is 17.2 Å². The third-order valence-electron chi connectivity index (χ3n) is 8.71. The van der Waals surface area contributed by atoms with E-state index in [1.807, 2.05) is 18.3 Å². The number of benzene rings is 6. The van der Waals surface area contributed by atoms with E-state index < -0.39 is 0 Å². The van der Waals surface area contributed by atoms with Crippen LogP contribution in [0.25, 0.3) is 21.5 Å². The van der Waals surface area contributed by atoms with Gasteiger partial charge in [0.2, 0.25) is 0 Å². The average Bonchev–Trinajstić information content (AvgIpc) is 3.03. The molecule has 0 spiro atoms. The summed E-state index contributed by atoms with van der Waals surface area (Å²) in [6.45, 7) is 6.41. The Labute approximate surface area is 246 Å². The molecule has 0 aliphatic carbocycles. The number of ether oxygens (including phenoxy) is 1. The number of nitrogens with zero attached hydrogens (tertiary/aromatic N) is 1. The van der Waals surface area contributed by atoms with Crippen LogP contribution < -0.4 is 4.74 Å². The Morgan fingerprint density at radius 2 is 1.38 bits per heavy atom. The first-order valence-corrected chi connectivity index (χ1v) is 14.7. The number of phenolic OH excluding ortho intramolecular Hbond substituents is 1. The SMILES string of the molecule is CCC(C)c1cc(C2c3c(ccc4ccccc34)Oc3ccc4ccccc4c32)cc(C=Nc2ccc(C)cc2)c1O. The second-order valence-corrected chi connectivity index (χ2v) is 11.4. The Morgan fingerprint density at radius 1 is 0.786 bits per heavy atom. The van der Waals surface area contributed by atoms with Gasteiger partial charge in [-0.15, -0.1) is 0 Å². The van der Waals surface area contributed by atoms with Crippen LogP contribution in [-0.4, -0.2) is 11.3 Å². The Kier molecular flexibility index (Phi) is 6.51. The molecule has 0 fully saturated rings. The van der Waals surface area contributed by atoms with Crippen molar-refractivity contribution in [1.82, 2.24) is 0 Å².